The zero-order valence-corrected chi connectivity index (χ0v) is 10.2. The summed E-state index contributed by atoms with van der Waals surface area (Å²) in [6, 6.07) is 9.81. The third-order valence-corrected chi connectivity index (χ3v) is 3.13. The van der Waals surface area contributed by atoms with Crippen molar-refractivity contribution in [1.29, 1.82) is 0 Å². The molecular formula is C15H18O2. The van der Waals surface area contributed by atoms with Gasteiger partial charge < -0.3 is 4.74 Å². The molecule has 1 aliphatic carbocycles. The third kappa shape index (κ3) is 3.45. The maximum Gasteiger partial charge on any atom is 0.309 e. The van der Waals surface area contributed by atoms with Crippen molar-refractivity contribution in [2.45, 2.75) is 32.8 Å². The van der Waals surface area contributed by atoms with Crippen molar-refractivity contribution in [2.75, 3.05) is 0 Å². The predicted octanol–water partition coefficient (Wildman–Crippen LogP) is 3.48. The highest BCUT2D eigenvalue weighted by atomic mass is 16.5. The fraction of sp³-hybridized carbons (Fsp3) is 0.400. The predicted molar refractivity (Wildman–Crippen MR) is 67.3 cm³/mol. The number of benzene rings is 1. The molecular weight excluding hydrogens is 212 g/mol. The summed E-state index contributed by atoms with van der Waals surface area (Å²) in [7, 11) is 0. The second-order valence-corrected chi connectivity index (χ2v) is 4.62. The molecule has 0 aliphatic heterocycles. The van der Waals surface area contributed by atoms with Crippen LogP contribution < -0.4 is 0 Å². The monoisotopic (exact) mass is 230 g/mol. The van der Waals surface area contributed by atoms with Crippen LogP contribution in [0.4, 0.5) is 0 Å². The van der Waals surface area contributed by atoms with Crippen LogP contribution in [0.15, 0.2) is 42.0 Å². The van der Waals surface area contributed by atoms with Crippen LogP contribution in [0.2, 0.25) is 0 Å². The van der Waals surface area contributed by atoms with E-state index in [9.17, 15) is 4.79 Å². The van der Waals surface area contributed by atoms with E-state index in [1.54, 1.807) is 0 Å². The smallest absolute Gasteiger partial charge is 0.309 e. The first kappa shape index (κ1) is 11.9. The number of rotatable bonds is 3. The summed E-state index contributed by atoms with van der Waals surface area (Å²) in [6.07, 6.45) is 4.98. The van der Waals surface area contributed by atoms with E-state index in [2.05, 4.69) is 13.0 Å². The minimum absolute atomic E-state index is 0.0543. The van der Waals surface area contributed by atoms with Crippen molar-refractivity contribution < 1.29 is 9.53 Å². The Bertz CT molecular complexity index is 406. The molecule has 90 valence electrons. The quantitative estimate of drug-likeness (QED) is 0.587. The van der Waals surface area contributed by atoms with Crippen LogP contribution in [0, 0.1) is 5.92 Å². The number of ether oxygens (including phenoxy) is 1. The lowest BCUT2D eigenvalue weighted by Crippen LogP contribution is -2.19. The normalized spacial score (nSPS) is 19.6. The Balaban J connectivity index is 1.84. The molecule has 1 unspecified atom stereocenters. The van der Waals surface area contributed by atoms with Crippen LogP contribution >= 0.6 is 0 Å². The van der Waals surface area contributed by atoms with E-state index in [0.29, 0.717) is 6.61 Å². The molecule has 2 rings (SSSR count). The van der Waals surface area contributed by atoms with Gasteiger partial charge in [0.15, 0.2) is 0 Å². The zero-order chi connectivity index (χ0) is 12.1. The van der Waals surface area contributed by atoms with Gasteiger partial charge in [0.05, 0.1) is 5.92 Å². The highest BCUT2D eigenvalue weighted by Crippen LogP contribution is 2.24. The van der Waals surface area contributed by atoms with Gasteiger partial charge in [-0.2, -0.15) is 0 Å². The van der Waals surface area contributed by atoms with Crippen molar-refractivity contribution >= 4 is 5.97 Å². The van der Waals surface area contributed by atoms with Crippen molar-refractivity contribution in [3.63, 3.8) is 0 Å². The first-order valence-electron chi connectivity index (χ1n) is 6.12. The molecule has 1 aromatic rings. The summed E-state index contributed by atoms with van der Waals surface area (Å²) >= 11 is 0. The SMILES string of the molecule is CC1=CCCC(C(=O)OCc2ccccc2)C1. The minimum Gasteiger partial charge on any atom is -0.461 e. The summed E-state index contributed by atoms with van der Waals surface area (Å²) < 4.78 is 5.35. The maximum atomic E-state index is 11.9. The van der Waals surface area contributed by atoms with Crippen LogP contribution in [-0.2, 0) is 16.1 Å². The molecule has 0 radical (unpaired) electrons. The number of allylic oxidation sites excluding steroid dienone is 2. The molecule has 0 aromatic heterocycles. The maximum absolute atomic E-state index is 11.9. The molecule has 1 aliphatic rings. The molecule has 0 spiro atoms. The van der Waals surface area contributed by atoms with Crippen LogP contribution in [0.3, 0.4) is 0 Å². The highest BCUT2D eigenvalue weighted by Gasteiger charge is 2.22. The lowest BCUT2D eigenvalue weighted by Gasteiger charge is -2.19. The van der Waals surface area contributed by atoms with Gasteiger partial charge >= 0.3 is 5.97 Å². The van der Waals surface area contributed by atoms with E-state index in [1.165, 1.54) is 5.57 Å². The molecule has 1 atom stereocenters. The lowest BCUT2D eigenvalue weighted by atomic mass is 9.90. The molecule has 0 bridgehead atoms. The molecule has 17 heavy (non-hydrogen) atoms. The van der Waals surface area contributed by atoms with E-state index in [4.69, 9.17) is 4.74 Å². The van der Waals surface area contributed by atoms with E-state index in [1.807, 2.05) is 30.3 Å². The van der Waals surface area contributed by atoms with Crippen LogP contribution in [0.25, 0.3) is 0 Å². The van der Waals surface area contributed by atoms with E-state index >= 15 is 0 Å². The summed E-state index contributed by atoms with van der Waals surface area (Å²) in [6.45, 7) is 2.47. The first-order valence-corrected chi connectivity index (χ1v) is 6.12. The summed E-state index contributed by atoms with van der Waals surface area (Å²) in [5.74, 6) is 0.00464. The van der Waals surface area contributed by atoms with Crippen LogP contribution in [-0.4, -0.2) is 5.97 Å². The number of esters is 1. The van der Waals surface area contributed by atoms with Crippen molar-refractivity contribution in [2.24, 2.45) is 5.92 Å². The fourth-order valence-electron chi connectivity index (χ4n) is 2.15. The molecule has 2 nitrogen and oxygen atoms in total. The van der Waals surface area contributed by atoms with Gasteiger partial charge in [0, 0.05) is 0 Å². The Labute approximate surface area is 102 Å². The van der Waals surface area contributed by atoms with Crippen molar-refractivity contribution in [3.05, 3.63) is 47.5 Å². The van der Waals surface area contributed by atoms with Gasteiger partial charge in [-0.25, -0.2) is 0 Å². The average Bonchev–Trinajstić information content (AvgIpc) is 2.37. The largest absolute Gasteiger partial charge is 0.461 e. The topological polar surface area (TPSA) is 26.3 Å². The lowest BCUT2D eigenvalue weighted by molar-refractivity contribution is -0.150. The molecule has 2 heteroatoms. The van der Waals surface area contributed by atoms with E-state index in [0.717, 1.165) is 24.8 Å². The van der Waals surface area contributed by atoms with Crippen LogP contribution in [0.5, 0.6) is 0 Å². The van der Waals surface area contributed by atoms with Gasteiger partial charge in [-0.1, -0.05) is 42.0 Å². The second-order valence-electron chi connectivity index (χ2n) is 4.62. The molecule has 0 fully saturated rings. The van der Waals surface area contributed by atoms with Gasteiger partial charge in [-0.05, 0) is 31.7 Å². The Morgan fingerprint density at radius 2 is 2.12 bits per heavy atom. The Morgan fingerprint density at radius 1 is 1.35 bits per heavy atom. The van der Waals surface area contributed by atoms with Gasteiger partial charge in [0.25, 0.3) is 0 Å². The van der Waals surface area contributed by atoms with Crippen molar-refractivity contribution in [1.82, 2.24) is 0 Å². The van der Waals surface area contributed by atoms with Gasteiger partial charge in [0.1, 0.15) is 6.61 Å². The first-order chi connectivity index (χ1) is 8.25. The fourth-order valence-corrected chi connectivity index (χ4v) is 2.15. The Morgan fingerprint density at radius 3 is 2.82 bits per heavy atom. The molecule has 0 heterocycles. The van der Waals surface area contributed by atoms with Gasteiger partial charge in [-0.15, -0.1) is 0 Å². The molecule has 0 saturated carbocycles. The van der Waals surface area contributed by atoms with Crippen molar-refractivity contribution in [3.8, 4) is 0 Å². The Kier molecular flexibility index (Phi) is 3.97. The van der Waals surface area contributed by atoms with E-state index in [-0.39, 0.29) is 11.9 Å². The summed E-state index contributed by atoms with van der Waals surface area (Å²) in [5.41, 5.74) is 2.35. The molecule has 0 amide bonds. The van der Waals surface area contributed by atoms with Crippen LogP contribution in [0.1, 0.15) is 31.7 Å². The standard InChI is InChI=1S/C15H18O2/c1-12-6-5-9-14(10-12)15(16)17-11-13-7-3-2-4-8-13/h2-4,6-8,14H,5,9-11H2,1H3. The Hall–Kier alpha value is -1.57. The summed E-state index contributed by atoms with van der Waals surface area (Å²) in [5, 5.41) is 0. The minimum atomic E-state index is -0.0543. The molecule has 1 aromatic carbocycles. The second kappa shape index (κ2) is 5.67. The number of hydrogen-bond donors (Lipinski definition) is 0. The average molecular weight is 230 g/mol. The number of hydrogen-bond acceptors (Lipinski definition) is 2. The molecule has 0 N–H and O–H groups in total. The highest BCUT2D eigenvalue weighted by molar-refractivity contribution is 5.73. The van der Waals surface area contributed by atoms with Gasteiger partial charge in [0.2, 0.25) is 0 Å². The third-order valence-electron chi connectivity index (χ3n) is 3.13. The summed E-state index contributed by atoms with van der Waals surface area (Å²) in [4.78, 5) is 11.9. The van der Waals surface area contributed by atoms with Gasteiger partial charge in [-0.3, -0.25) is 4.79 Å². The van der Waals surface area contributed by atoms with E-state index < -0.39 is 0 Å². The zero-order valence-electron chi connectivity index (χ0n) is 10.2. The number of carbonyl (C=O) groups is 1. The molecule has 0 saturated heterocycles. The number of carbonyl (C=O) groups excluding carboxylic acids is 1.